The van der Waals surface area contributed by atoms with Crippen LogP contribution in [0.3, 0.4) is 0 Å². The third kappa shape index (κ3) is 7.77. The maximum Gasteiger partial charge on any atom is 0.421 e. The Balaban J connectivity index is 1.34. The van der Waals surface area contributed by atoms with Gasteiger partial charge in [-0.25, -0.2) is 9.97 Å². The summed E-state index contributed by atoms with van der Waals surface area (Å²) >= 11 is 0. The number of halogens is 6. The van der Waals surface area contributed by atoms with Gasteiger partial charge in [-0.3, -0.25) is 9.59 Å². The van der Waals surface area contributed by atoms with E-state index < -0.39 is 35.1 Å². The first-order chi connectivity index (χ1) is 17.4. The lowest BCUT2D eigenvalue weighted by Gasteiger charge is -2.34. The summed E-state index contributed by atoms with van der Waals surface area (Å²) in [6, 6.07) is 0.565. The van der Waals surface area contributed by atoms with Crippen molar-refractivity contribution in [3.63, 3.8) is 0 Å². The first-order valence-corrected chi connectivity index (χ1v) is 11.2. The summed E-state index contributed by atoms with van der Waals surface area (Å²) in [7, 11) is 0. The minimum atomic E-state index is -4.83. The zero-order chi connectivity index (χ0) is 27.2. The molecule has 1 saturated heterocycles. The minimum Gasteiger partial charge on any atom is -0.390 e. The van der Waals surface area contributed by atoms with Crippen LogP contribution in [0.4, 0.5) is 32.3 Å². The van der Waals surface area contributed by atoms with E-state index >= 15 is 0 Å². The van der Waals surface area contributed by atoms with Gasteiger partial charge in [0.15, 0.2) is 0 Å². The standard InChI is InChI=1S/C21H24F6N6O4/c1-14(37-33-18(35)16(2-5-30-33)21(25,26)27)3-10-36-11-4-17(34)31-6-8-32(9-7-31)19-28-12-15(13-29-19)20(22,23)24/h2,5,12-14H,3-4,6-11H2,1H3/t14-/m0/s1. The van der Waals surface area contributed by atoms with Crippen LogP contribution in [0.15, 0.2) is 29.5 Å². The van der Waals surface area contributed by atoms with Crippen molar-refractivity contribution in [2.45, 2.75) is 38.2 Å². The molecule has 0 radical (unpaired) electrons. The number of alkyl halides is 6. The van der Waals surface area contributed by atoms with Crippen molar-refractivity contribution in [1.29, 1.82) is 0 Å². The van der Waals surface area contributed by atoms with E-state index in [1.165, 1.54) is 6.92 Å². The number of amides is 1. The second kappa shape index (κ2) is 11.7. The Morgan fingerprint density at radius 3 is 2.27 bits per heavy atom. The molecule has 16 heteroatoms. The van der Waals surface area contributed by atoms with Crippen LogP contribution in [0.1, 0.15) is 30.9 Å². The molecule has 37 heavy (non-hydrogen) atoms. The van der Waals surface area contributed by atoms with E-state index in [2.05, 4.69) is 15.1 Å². The third-order valence-electron chi connectivity index (χ3n) is 5.41. The Hall–Kier alpha value is -3.43. The fraction of sp³-hybridized carbons (Fsp3) is 0.571. The predicted octanol–water partition coefficient (Wildman–Crippen LogP) is 2.03. The lowest BCUT2D eigenvalue weighted by Crippen LogP contribution is -2.49. The van der Waals surface area contributed by atoms with Crippen molar-refractivity contribution < 1.29 is 40.7 Å². The molecule has 0 saturated carbocycles. The zero-order valence-corrected chi connectivity index (χ0v) is 19.6. The number of aromatic nitrogens is 4. The average molecular weight is 538 g/mol. The highest BCUT2D eigenvalue weighted by Gasteiger charge is 2.35. The number of hydrogen-bond acceptors (Lipinski definition) is 8. The molecule has 0 aliphatic carbocycles. The molecule has 0 bridgehead atoms. The van der Waals surface area contributed by atoms with Gasteiger partial charge in [0.2, 0.25) is 11.9 Å². The Kier molecular flexibility index (Phi) is 8.94. The molecule has 1 aliphatic heterocycles. The molecule has 10 nitrogen and oxygen atoms in total. The fourth-order valence-electron chi connectivity index (χ4n) is 3.36. The van der Waals surface area contributed by atoms with E-state index in [0.717, 1.165) is 18.6 Å². The molecule has 1 aliphatic rings. The lowest BCUT2D eigenvalue weighted by atomic mass is 10.3. The number of piperazine rings is 1. The smallest absolute Gasteiger partial charge is 0.390 e. The van der Waals surface area contributed by atoms with E-state index in [1.54, 1.807) is 9.80 Å². The van der Waals surface area contributed by atoms with Crippen LogP contribution >= 0.6 is 0 Å². The highest BCUT2D eigenvalue weighted by molar-refractivity contribution is 5.76. The van der Waals surface area contributed by atoms with E-state index in [-0.39, 0.29) is 42.8 Å². The first kappa shape index (κ1) is 28.1. The van der Waals surface area contributed by atoms with Gasteiger partial charge in [0, 0.05) is 45.0 Å². The third-order valence-corrected chi connectivity index (χ3v) is 5.41. The van der Waals surface area contributed by atoms with Gasteiger partial charge < -0.3 is 19.4 Å². The maximum atomic E-state index is 12.8. The summed E-state index contributed by atoms with van der Waals surface area (Å²) in [5.41, 5.74) is -3.75. The van der Waals surface area contributed by atoms with Crippen molar-refractivity contribution >= 4 is 11.9 Å². The summed E-state index contributed by atoms with van der Waals surface area (Å²) in [6.45, 7) is 3.14. The molecule has 0 N–H and O–H groups in total. The van der Waals surface area contributed by atoms with Gasteiger partial charge >= 0.3 is 17.9 Å². The van der Waals surface area contributed by atoms with Gasteiger partial charge in [0.05, 0.1) is 31.4 Å². The number of ether oxygens (including phenoxy) is 1. The van der Waals surface area contributed by atoms with Crippen molar-refractivity contribution in [2.24, 2.45) is 0 Å². The summed E-state index contributed by atoms with van der Waals surface area (Å²) in [4.78, 5) is 40.5. The summed E-state index contributed by atoms with van der Waals surface area (Å²) in [5, 5.41) is 3.48. The number of hydrogen-bond donors (Lipinski definition) is 0. The van der Waals surface area contributed by atoms with Crippen LogP contribution in [-0.4, -0.2) is 76.2 Å². The van der Waals surface area contributed by atoms with Crippen molar-refractivity contribution in [3.05, 3.63) is 46.1 Å². The Bertz CT molecular complexity index is 1100. The van der Waals surface area contributed by atoms with E-state index in [1.807, 2.05) is 0 Å². The second-order valence-corrected chi connectivity index (χ2v) is 8.13. The molecule has 1 atom stereocenters. The number of rotatable bonds is 9. The minimum absolute atomic E-state index is 0.0840. The van der Waals surface area contributed by atoms with Crippen molar-refractivity contribution in [1.82, 2.24) is 24.8 Å². The van der Waals surface area contributed by atoms with Crippen LogP contribution in [-0.2, 0) is 21.9 Å². The fourth-order valence-corrected chi connectivity index (χ4v) is 3.36. The van der Waals surface area contributed by atoms with Crippen LogP contribution in [0.5, 0.6) is 0 Å². The normalized spacial score (nSPS) is 15.5. The molecular formula is C21H24F6N6O4. The highest BCUT2D eigenvalue weighted by Crippen LogP contribution is 2.28. The van der Waals surface area contributed by atoms with Crippen molar-refractivity contribution in [3.8, 4) is 0 Å². The molecule has 0 spiro atoms. The molecule has 2 aromatic heterocycles. The first-order valence-electron chi connectivity index (χ1n) is 11.2. The largest absolute Gasteiger partial charge is 0.421 e. The molecular weight excluding hydrogens is 514 g/mol. The zero-order valence-electron chi connectivity index (χ0n) is 19.6. The number of carbonyl (C=O) groups is 1. The van der Waals surface area contributed by atoms with Gasteiger partial charge in [-0.15, -0.1) is 5.10 Å². The SMILES string of the molecule is C[C@@H](CCOCCC(=O)N1CCN(c2ncc(C(F)(F)F)cn2)CC1)On1nccc(C(F)(F)F)c1=O. The van der Waals surface area contributed by atoms with E-state index in [9.17, 15) is 35.9 Å². The predicted molar refractivity (Wildman–Crippen MR) is 115 cm³/mol. The van der Waals surface area contributed by atoms with Gasteiger partial charge in [-0.2, -0.15) is 26.3 Å². The molecule has 1 amide bonds. The van der Waals surface area contributed by atoms with E-state index in [0.29, 0.717) is 32.2 Å². The van der Waals surface area contributed by atoms with Crippen LogP contribution < -0.4 is 15.3 Å². The van der Waals surface area contributed by atoms with Gasteiger partial charge in [-0.05, 0) is 13.0 Å². The highest BCUT2D eigenvalue weighted by atomic mass is 19.4. The Labute approximate surface area is 206 Å². The summed E-state index contributed by atoms with van der Waals surface area (Å²) in [6.07, 6.45) is -7.47. The molecule has 3 heterocycles. The summed E-state index contributed by atoms with van der Waals surface area (Å²) in [5.74, 6) is -0.0145. The topological polar surface area (TPSA) is 103 Å². The summed E-state index contributed by atoms with van der Waals surface area (Å²) < 4.78 is 81.8. The lowest BCUT2D eigenvalue weighted by molar-refractivity contribution is -0.141. The van der Waals surface area contributed by atoms with Crippen LogP contribution in [0, 0.1) is 0 Å². The van der Waals surface area contributed by atoms with Gasteiger partial charge in [0.1, 0.15) is 11.7 Å². The Morgan fingerprint density at radius 1 is 1.03 bits per heavy atom. The van der Waals surface area contributed by atoms with Crippen LogP contribution in [0.25, 0.3) is 0 Å². The molecule has 0 unspecified atom stereocenters. The average Bonchev–Trinajstić information content (AvgIpc) is 2.84. The molecule has 0 aromatic carbocycles. The number of anilines is 1. The van der Waals surface area contributed by atoms with Gasteiger partial charge in [0.25, 0.3) is 0 Å². The van der Waals surface area contributed by atoms with Crippen molar-refractivity contribution in [2.75, 3.05) is 44.3 Å². The quantitative estimate of drug-likeness (QED) is 0.353. The number of nitrogens with zero attached hydrogens (tertiary/aromatic N) is 6. The molecule has 1 fully saturated rings. The van der Waals surface area contributed by atoms with Gasteiger partial charge in [-0.1, -0.05) is 4.85 Å². The van der Waals surface area contributed by atoms with Crippen LogP contribution in [0.2, 0.25) is 0 Å². The Morgan fingerprint density at radius 2 is 1.68 bits per heavy atom. The monoisotopic (exact) mass is 538 g/mol. The number of carbonyl (C=O) groups excluding carboxylic acids is 1. The second-order valence-electron chi connectivity index (χ2n) is 8.13. The molecule has 204 valence electrons. The molecule has 3 rings (SSSR count). The maximum absolute atomic E-state index is 12.8. The van der Waals surface area contributed by atoms with E-state index in [4.69, 9.17) is 9.57 Å². The molecule has 2 aromatic rings.